The van der Waals surface area contributed by atoms with Gasteiger partial charge < -0.3 is 10.6 Å². The molecule has 0 fully saturated rings. The number of nitrogens with zero attached hydrogens (tertiary/aromatic N) is 1. The van der Waals surface area contributed by atoms with Crippen molar-refractivity contribution in [2.24, 2.45) is 0 Å². The lowest BCUT2D eigenvalue weighted by atomic mass is 10.1. The van der Waals surface area contributed by atoms with Crippen molar-refractivity contribution in [3.63, 3.8) is 0 Å². The van der Waals surface area contributed by atoms with Crippen LogP contribution in [0.15, 0.2) is 48.7 Å². The number of pyridine rings is 1. The predicted molar refractivity (Wildman–Crippen MR) is 88.9 cm³/mol. The van der Waals surface area contributed by atoms with Crippen LogP contribution in [0.1, 0.15) is 41.0 Å². The Morgan fingerprint density at radius 1 is 1.13 bits per heavy atom. The molecule has 1 aromatic heterocycles. The highest BCUT2D eigenvalue weighted by molar-refractivity contribution is 5.95. The average molecular weight is 311 g/mol. The van der Waals surface area contributed by atoms with Crippen LogP contribution in [0, 0.1) is 6.92 Å². The van der Waals surface area contributed by atoms with Gasteiger partial charge >= 0.3 is 0 Å². The van der Waals surface area contributed by atoms with E-state index < -0.39 is 0 Å². The number of carbonyl (C=O) groups excluding carboxylic acids is 2. The molecule has 23 heavy (non-hydrogen) atoms. The summed E-state index contributed by atoms with van der Waals surface area (Å²) >= 11 is 0. The standard InChI is InChI=1S/C18H21N3O2/c1-13-7-3-4-8-15(13)18(23)20-12-10-17(22)21-14(2)16-9-5-6-11-19-16/h3-9,11,14H,10,12H2,1-2H3,(H,20,23)(H,21,22). The minimum Gasteiger partial charge on any atom is -0.352 e. The minimum absolute atomic E-state index is 0.117. The number of carbonyl (C=O) groups is 2. The Bertz CT molecular complexity index is 671. The molecule has 1 heterocycles. The lowest BCUT2D eigenvalue weighted by Gasteiger charge is -2.13. The topological polar surface area (TPSA) is 71.1 Å². The maximum Gasteiger partial charge on any atom is 0.251 e. The minimum atomic E-state index is -0.159. The normalized spacial score (nSPS) is 11.6. The van der Waals surface area contributed by atoms with Crippen molar-refractivity contribution in [3.8, 4) is 0 Å². The van der Waals surface area contributed by atoms with E-state index >= 15 is 0 Å². The summed E-state index contributed by atoms with van der Waals surface area (Å²) in [6.07, 6.45) is 1.93. The molecule has 120 valence electrons. The molecule has 0 aliphatic carbocycles. The molecule has 0 saturated carbocycles. The summed E-state index contributed by atoms with van der Waals surface area (Å²) in [6.45, 7) is 4.07. The van der Waals surface area contributed by atoms with Crippen LogP contribution >= 0.6 is 0 Å². The first-order chi connectivity index (χ1) is 11.1. The number of hydrogen-bond acceptors (Lipinski definition) is 3. The van der Waals surface area contributed by atoms with Gasteiger partial charge in [-0.2, -0.15) is 0 Å². The zero-order valence-corrected chi connectivity index (χ0v) is 13.4. The summed E-state index contributed by atoms with van der Waals surface area (Å²) in [5.41, 5.74) is 2.36. The fourth-order valence-electron chi connectivity index (χ4n) is 2.23. The zero-order chi connectivity index (χ0) is 16.7. The van der Waals surface area contributed by atoms with Crippen LogP contribution in [-0.2, 0) is 4.79 Å². The molecule has 2 rings (SSSR count). The van der Waals surface area contributed by atoms with Gasteiger partial charge in [0, 0.05) is 24.7 Å². The first-order valence-electron chi connectivity index (χ1n) is 7.62. The Kier molecular flexibility index (Phi) is 5.86. The quantitative estimate of drug-likeness (QED) is 0.860. The van der Waals surface area contributed by atoms with Gasteiger partial charge in [-0.3, -0.25) is 14.6 Å². The number of hydrogen-bond donors (Lipinski definition) is 2. The average Bonchev–Trinajstić information content (AvgIpc) is 2.56. The SMILES string of the molecule is Cc1ccccc1C(=O)NCCC(=O)NC(C)c1ccccn1. The molecule has 2 amide bonds. The number of rotatable bonds is 6. The van der Waals surface area contributed by atoms with E-state index in [1.807, 2.05) is 50.2 Å². The van der Waals surface area contributed by atoms with Gasteiger partial charge in [0.2, 0.25) is 5.91 Å². The zero-order valence-electron chi connectivity index (χ0n) is 13.4. The Morgan fingerprint density at radius 3 is 2.57 bits per heavy atom. The van der Waals surface area contributed by atoms with E-state index in [4.69, 9.17) is 0 Å². The molecule has 0 aliphatic rings. The number of nitrogens with one attached hydrogen (secondary N) is 2. The van der Waals surface area contributed by atoms with E-state index in [-0.39, 0.29) is 24.3 Å². The third-order valence-electron chi connectivity index (χ3n) is 3.54. The smallest absolute Gasteiger partial charge is 0.251 e. The monoisotopic (exact) mass is 311 g/mol. The van der Waals surface area contributed by atoms with Gasteiger partial charge in [-0.05, 0) is 37.6 Å². The van der Waals surface area contributed by atoms with E-state index in [1.54, 1.807) is 12.3 Å². The lowest BCUT2D eigenvalue weighted by molar-refractivity contribution is -0.121. The van der Waals surface area contributed by atoms with Crippen molar-refractivity contribution in [1.29, 1.82) is 0 Å². The maximum absolute atomic E-state index is 12.0. The van der Waals surface area contributed by atoms with E-state index in [9.17, 15) is 9.59 Å². The van der Waals surface area contributed by atoms with Crippen LogP contribution in [0.4, 0.5) is 0 Å². The van der Waals surface area contributed by atoms with Crippen molar-refractivity contribution < 1.29 is 9.59 Å². The van der Waals surface area contributed by atoms with E-state index in [0.717, 1.165) is 11.3 Å². The van der Waals surface area contributed by atoms with Gasteiger partial charge in [0.25, 0.3) is 5.91 Å². The van der Waals surface area contributed by atoms with Crippen LogP contribution < -0.4 is 10.6 Å². The molecule has 2 aromatic rings. The maximum atomic E-state index is 12.0. The Hall–Kier alpha value is -2.69. The molecular formula is C18H21N3O2. The van der Waals surface area contributed by atoms with Crippen LogP contribution in [0.3, 0.4) is 0 Å². The van der Waals surface area contributed by atoms with Crippen molar-refractivity contribution >= 4 is 11.8 Å². The molecule has 1 atom stereocenters. The summed E-state index contributed by atoms with van der Waals surface area (Å²) in [4.78, 5) is 28.2. The molecule has 0 radical (unpaired) electrons. The van der Waals surface area contributed by atoms with Crippen LogP contribution in [-0.4, -0.2) is 23.3 Å². The second-order valence-corrected chi connectivity index (χ2v) is 5.36. The second-order valence-electron chi connectivity index (χ2n) is 5.36. The summed E-state index contributed by atoms with van der Waals surface area (Å²) < 4.78 is 0. The summed E-state index contributed by atoms with van der Waals surface area (Å²) in [5, 5.41) is 5.64. The number of aryl methyl sites for hydroxylation is 1. The van der Waals surface area contributed by atoms with Crippen molar-refractivity contribution in [1.82, 2.24) is 15.6 Å². The van der Waals surface area contributed by atoms with E-state index in [1.165, 1.54) is 0 Å². The van der Waals surface area contributed by atoms with Gasteiger partial charge in [-0.1, -0.05) is 24.3 Å². The van der Waals surface area contributed by atoms with Gasteiger partial charge in [0.05, 0.1) is 11.7 Å². The second kappa shape index (κ2) is 8.08. The highest BCUT2D eigenvalue weighted by Crippen LogP contribution is 2.08. The molecule has 5 nitrogen and oxygen atoms in total. The van der Waals surface area contributed by atoms with Gasteiger partial charge in [-0.25, -0.2) is 0 Å². The molecule has 1 unspecified atom stereocenters. The fourth-order valence-corrected chi connectivity index (χ4v) is 2.23. The number of benzene rings is 1. The highest BCUT2D eigenvalue weighted by Gasteiger charge is 2.11. The molecule has 0 bridgehead atoms. The first-order valence-corrected chi connectivity index (χ1v) is 7.62. The number of aromatic nitrogens is 1. The van der Waals surface area contributed by atoms with Crippen molar-refractivity contribution in [3.05, 3.63) is 65.5 Å². The third-order valence-corrected chi connectivity index (χ3v) is 3.54. The fraction of sp³-hybridized carbons (Fsp3) is 0.278. The Balaban J connectivity index is 1.77. The first kappa shape index (κ1) is 16.7. The Labute approximate surface area is 136 Å². The van der Waals surface area contributed by atoms with Crippen molar-refractivity contribution in [2.75, 3.05) is 6.54 Å². The van der Waals surface area contributed by atoms with E-state index in [0.29, 0.717) is 12.1 Å². The summed E-state index contributed by atoms with van der Waals surface area (Å²) in [5.74, 6) is -0.276. The van der Waals surface area contributed by atoms with Crippen LogP contribution in [0.5, 0.6) is 0 Å². The predicted octanol–water partition coefficient (Wildman–Crippen LogP) is 2.39. The summed E-state index contributed by atoms with van der Waals surface area (Å²) in [6, 6.07) is 12.8. The van der Waals surface area contributed by atoms with Crippen molar-refractivity contribution in [2.45, 2.75) is 26.3 Å². The van der Waals surface area contributed by atoms with Gasteiger partial charge in [0.15, 0.2) is 0 Å². The van der Waals surface area contributed by atoms with Gasteiger partial charge in [0.1, 0.15) is 0 Å². The largest absolute Gasteiger partial charge is 0.352 e. The molecule has 0 saturated heterocycles. The molecular weight excluding hydrogens is 290 g/mol. The van der Waals surface area contributed by atoms with Gasteiger partial charge in [-0.15, -0.1) is 0 Å². The molecule has 2 N–H and O–H groups in total. The summed E-state index contributed by atoms with van der Waals surface area (Å²) in [7, 11) is 0. The molecule has 5 heteroatoms. The number of amides is 2. The molecule has 0 aliphatic heterocycles. The Morgan fingerprint density at radius 2 is 1.87 bits per heavy atom. The lowest BCUT2D eigenvalue weighted by Crippen LogP contribution is -2.32. The highest BCUT2D eigenvalue weighted by atomic mass is 16.2. The van der Waals surface area contributed by atoms with E-state index in [2.05, 4.69) is 15.6 Å². The van der Waals surface area contributed by atoms with Crippen LogP contribution in [0.2, 0.25) is 0 Å². The van der Waals surface area contributed by atoms with Crippen LogP contribution in [0.25, 0.3) is 0 Å². The molecule has 1 aromatic carbocycles. The third kappa shape index (κ3) is 4.92. The molecule has 0 spiro atoms.